The third kappa shape index (κ3) is 5.00. The van der Waals surface area contributed by atoms with E-state index in [-0.39, 0.29) is 28.3 Å². The van der Waals surface area contributed by atoms with E-state index in [1.54, 1.807) is 36.4 Å². The number of nitrogens with zero attached hydrogens (tertiary/aromatic N) is 1. The molecule has 12 heteroatoms. The van der Waals surface area contributed by atoms with Gasteiger partial charge in [-0.05, 0) is 48.2 Å². The zero-order valence-electron chi connectivity index (χ0n) is 20.0. The minimum absolute atomic E-state index is 0.0164. The van der Waals surface area contributed by atoms with Crippen molar-refractivity contribution in [2.24, 2.45) is 0 Å². The Morgan fingerprint density at radius 3 is 2.39 bits per heavy atom. The lowest BCUT2D eigenvalue weighted by molar-refractivity contribution is -0.117. The highest BCUT2D eigenvalue weighted by Crippen LogP contribution is 2.40. The fraction of sp³-hybridized carbons (Fsp3) is 0.115. The second kappa shape index (κ2) is 9.62. The molecular formula is C26H22FN3O6S2. The van der Waals surface area contributed by atoms with E-state index in [1.807, 2.05) is 17.7 Å². The molecule has 0 spiro atoms. The molecule has 0 aliphatic carbocycles. The summed E-state index contributed by atoms with van der Waals surface area (Å²) in [5.74, 6) is -1.90. The first-order valence-corrected chi connectivity index (χ1v) is 14.3. The molecule has 1 saturated heterocycles. The van der Waals surface area contributed by atoms with Crippen molar-refractivity contribution in [1.82, 2.24) is 4.72 Å². The zero-order chi connectivity index (χ0) is 27.1. The molecule has 0 saturated carbocycles. The fourth-order valence-corrected chi connectivity index (χ4v) is 6.25. The monoisotopic (exact) mass is 555 g/mol. The Hall–Kier alpha value is -4.16. The van der Waals surface area contributed by atoms with Crippen LogP contribution in [0.25, 0.3) is 10.8 Å². The van der Waals surface area contributed by atoms with E-state index in [0.717, 1.165) is 11.1 Å². The molecule has 38 heavy (non-hydrogen) atoms. The topological polar surface area (TPSA) is 122 Å². The maximum absolute atomic E-state index is 16.1. The molecular weight excluding hydrogens is 533 g/mol. The zero-order valence-corrected chi connectivity index (χ0v) is 21.6. The second-order valence-electron chi connectivity index (χ2n) is 8.70. The highest BCUT2D eigenvalue weighted by atomic mass is 32.2. The lowest BCUT2D eigenvalue weighted by Gasteiger charge is -2.21. The molecule has 4 aromatic rings. The normalized spacial score (nSPS) is 14.9. The number of sulfonamides is 1. The molecule has 5 rings (SSSR count). The molecule has 1 heterocycles. The quantitative estimate of drug-likeness (QED) is 0.357. The first kappa shape index (κ1) is 25.5. The smallest absolute Gasteiger partial charge is 0.326 e. The van der Waals surface area contributed by atoms with Crippen LogP contribution in [-0.2, 0) is 31.6 Å². The Bertz CT molecular complexity index is 1760. The van der Waals surface area contributed by atoms with Gasteiger partial charge in [0, 0.05) is 11.1 Å². The van der Waals surface area contributed by atoms with Gasteiger partial charge in [0.25, 0.3) is 15.9 Å². The SMILES string of the molecule is Cc1ccc(S(=O)(=O)Nc2ccc3cc(OCc4ccccc4)c(N4CC(=O)NS4(=O)=O)c(F)c3c2)cc1. The summed E-state index contributed by atoms with van der Waals surface area (Å²) in [7, 11) is -8.33. The molecule has 0 atom stereocenters. The van der Waals surface area contributed by atoms with E-state index in [9.17, 15) is 21.6 Å². The minimum atomic E-state index is -4.36. The summed E-state index contributed by atoms with van der Waals surface area (Å²) >= 11 is 0. The van der Waals surface area contributed by atoms with Gasteiger partial charge in [-0.1, -0.05) is 54.1 Å². The number of benzene rings is 4. The van der Waals surface area contributed by atoms with Gasteiger partial charge in [-0.2, -0.15) is 8.42 Å². The van der Waals surface area contributed by atoms with Gasteiger partial charge >= 0.3 is 10.2 Å². The molecule has 4 aromatic carbocycles. The summed E-state index contributed by atoms with van der Waals surface area (Å²) in [6.07, 6.45) is 0. The molecule has 1 aliphatic rings. The third-order valence-electron chi connectivity index (χ3n) is 5.91. The van der Waals surface area contributed by atoms with Gasteiger partial charge in [-0.3, -0.25) is 9.52 Å². The van der Waals surface area contributed by atoms with Crippen LogP contribution in [-0.4, -0.2) is 29.3 Å². The number of aryl methyl sites for hydroxylation is 1. The molecule has 2 N–H and O–H groups in total. The largest absolute Gasteiger partial charge is 0.487 e. The summed E-state index contributed by atoms with van der Waals surface area (Å²) in [5.41, 5.74) is 1.27. The number of hydrogen-bond donors (Lipinski definition) is 2. The number of halogens is 1. The average molecular weight is 556 g/mol. The first-order chi connectivity index (χ1) is 18.0. The van der Waals surface area contributed by atoms with Crippen LogP contribution in [0, 0.1) is 12.7 Å². The summed E-state index contributed by atoms with van der Waals surface area (Å²) in [6, 6.07) is 20.9. The van der Waals surface area contributed by atoms with E-state index in [1.165, 1.54) is 36.4 Å². The number of rotatable bonds is 7. The molecule has 0 radical (unpaired) electrons. The standard InChI is InChI=1S/C26H22FN3O6S2/c1-17-7-11-21(12-8-17)37(32,33)28-20-10-9-19-13-23(36-16-18-5-3-2-4-6-18)26(25(27)22(19)14-20)30-15-24(31)29-38(30,34)35/h2-14,28H,15-16H2,1H3,(H,29,31). The average Bonchev–Trinajstić information content (AvgIpc) is 3.15. The molecule has 196 valence electrons. The molecule has 0 bridgehead atoms. The van der Waals surface area contributed by atoms with Gasteiger partial charge in [0.05, 0.1) is 4.90 Å². The number of carbonyl (C=O) groups excluding carboxylic acids is 1. The second-order valence-corrected chi connectivity index (χ2v) is 12.0. The van der Waals surface area contributed by atoms with Gasteiger partial charge < -0.3 is 4.74 Å². The van der Waals surface area contributed by atoms with Crippen LogP contribution in [0.4, 0.5) is 15.8 Å². The predicted octanol–water partition coefficient (Wildman–Crippen LogP) is 3.85. The first-order valence-electron chi connectivity index (χ1n) is 11.4. The Kier molecular flexibility index (Phi) is 6.45. The van der Waals surface area contributed by atoms with Crippen molar-refractivity contribution in [3.05, 3.63) is 95.8 Å². The lowest BCUT2D eigenvalue weighted by Crippen LogP contribution is -2.30. The van der Waals surface area contributed by atoms with E-state index >= 15 is 4.39 Å². The van der Waals surface area contributed by atoms with Crippen molar-refractivity contribution in [2.45, 2.75) is 18.4 Å². The van der Waals surface area contributed by atoms with Crippen LogP contribution in [0.1, 0.15) is 11.1 Å². The van der Waals surface area contributed by atoms with Crippen LogP contribution >= 0.6 is 0 Å². The predicted molar refractivity (Wildman–Crippen MR) is 141 cm³/mol. The van der Waals surface area contributed by atoms with Crippen molar-refractivity contribution in [2.75, 3.05) is 15.6 Å². The maximum atomic E-state index is 16.1. The maximum Gasteiger partial charge on any atom is 0.326 e. The highest BCUT2D eigenvalue weighted by Gasteiger charge is 2.38. The highest BCUT2D eigenvalue weighted by molar-refractivity contribution is 7.92. The molecule has 0 unspecified atom stereocenters. The Morgan fingerprint density at radius 2 is 1.74 bits per heavy atom. The van der Waals surface area contributed by atoms with Crippen molar-refractivity contribution in [3.63, 3.8) is 0 Å². The molecule has 1 fully saturated rings. The number of carbonyl (C=O) groups is 1. The molecule has 0 aromatic heterocycles. The fourth-order valence-electron chi connectivity index (χ4n) is 4.04. The summed E-state index contributed by atoms with van der Waals surface area (Å²) in [4.78, 5) is 11.9. The van der Waals surface area contributed by atoms with Crippen molar-refractivity contribution in [3.8, 4) is 5.75 Å². The van der Waals surface area contributed by atoms with Crippen molar-refractivity contribution < 1.29 is 30.8 Å². The van der Waals surface area contributed by atoms with Crippen molar-refractivity contribution >= 4 is 48.3 Å². The minimum Gasteiger partial charge on any atom is -0.487 e. The van der Waals surface area contributed by atoms with E-state index in [0.29, 0.717) is 9.69 Å². The number of amides is 1. The molecule has 9 nitrogen and oxygen atoms in total. The van der Waals surface area contributed by atoms with Gasteiger partial charge in [-0.15, -0.1) is 0 Å². The van der Waals surface area contributed by atoms with Crippen LogP contribution in [0.5, 0.6) is 5.75 Å². The van der Waals surface area contributed by atoms with Crippen LogP contribution in [0.2, 0.25) is 0 Å². The van der Waals surface area contributed by atoms with E-state index in [4.69, 9.17) is 4.74 Å². The van der Waals surface area contributed by atoms with Crippen LogP contribution in [0.3, 0.4) is 0 Å². The van der Waals surface area contributed by atoms with Gasteiger partial charge in [0.15, 0.2) is 5.82 Å². The summed E-state index contributed by atoms with van der Waals surface area (Å²) in [6.45, 7) is 1.21. The van der Waals surface area contributed by atoms with Crippen LogP contribution in [0.15, 0.2) is 83.8 Å². The van der Waals surface area contributed by atoms with Gasteiger partial charge in [-0.25, -0.2) is 21.8 Å². The summed E-state index contributed by atoms with van der Waals surface area (Å²) in [5, 5.41) is 0.272. The molecule has 1 aliphatic heterocycles. The number of fused-ring (bicyclic) bond motifs is 1. The van der Waals surface area contributed by atoms with Gasteiger partial charge in [0.1, 0.15) is 24.6 Å². The number of ether oxygens (including phenoxy) is 1. The van der Waals surface area contributed by atoms with Gasteiger partial charge in [0.2, 0.25) is 0 Å². The third-order valence-corrected chi connectivity index (χ3v) is 8.68. The van der Waals surface area contributed by atoms with E-state index < -0.39 is 44.2 Å². The molecule has 1 amide bonds. The van der Waals surface area contributed by atoms with Crippen molar-refractivity contribution in [1.29, 1.82) is 0 Å². The number of anilines is 2. The van der Waals surface area contributed by atoms with Crippen LogP contribution < -0.4 is 18.5 Å². The Morgan fingerprint density at radius 1 is 1.03 bits per heavy atom. The summed E-state index contributed by atoms with van der Waals surface area (Å²) < 4.78 is 77.6. The Balaban J connectivity index is 1.58. The number of nitrogens with one attached hydrogen (secondary N) is 2. The Labute approximate surface area is 219 Å². The number of hydrogen-bond acceptors (Lipinski definition) is 6. The lowest BCUT2D eigenvalue weighted by atomic mass is 10.1. The van der Waals surface area contributed by atoms with E-state index in [2.05, 4.69) is 4.72 Å².